The molecule has 1 amide bonds. The molecular formula is C17H27NO2S. The van der Waals surface area contributed by atoms with E-state index in [4.69, 9.17) is 4.74 Å². The van der Waals surface area contributed by atoms with Gasteiger partial charge >= 0.3 is 0 Å². The Labute approximate surface area is 132 Å². The second-order valence-corrected chi connectivity index (χ2v) is 7.67. The molecule has 1 aliphatic carbocycles. The number of hydrogen-bond donors (Lipinski definition) is 0. The van der Waals surface area contributed by atoms with Crippen LogP contribution in [0.1, 0.15) is 43.6 Å². The summed E-state index contributed by atoms with van der Waals surface area (Å²) in [6, 6.07) is 2.13. The number of aryl methyl sites for hydroxylation is 1. The predicted molar refractivity (Wildman–Crippen MR) is 87.5 cm³/mol. The first-order valence-electron chi connectivity index (χ1n) is 7.80. The van der Waals surface area contributed by atoms with E-state index in [0.717, 1.165) is 32.4 Å². The summed E-state index contributed by atoms with van der Waals surface area (Å²) >= 11 is 1.75. The van der Waals surface area contributed by atoms with Gasteiger partial charge in [-0.2, -0.15) is 0 Å². The molecule has 1 aromatic heterocycles. The number of ether oxygens (including phenoxy) is 1. The van der Waals surface area contributed by atoms with Crippen LogP contribution in [0.25, 0.3) is 0 Å². The van der Waals surface area contributed by atoms with Crippen LogP contribution in [0, 0.1) is 18.3 Å². The molecule has 1 saturated carbocycles. The molecular weight excluding hydrogens is 282 g/mol. The third-order valence-corrected chi connectivity index (χ3v) is 5.37. The minimum atomic E-state index is -0.255. The first-order valence-corrected chi connectivity index (χ1v) is 8.68. The average Bonchev–Trinajstić information content (AvgIpc) is 2.77. The van der Waals surface area contributed by atoms with Crippen LogP contribution in [-0.2, 0) is 16.1 Å². The maximum absolute atomic E-state index is 13.1. The van der Waals surface area contributed by atoms with Gasteiger partial charge in [-0.25, -0.2) is 0 Å². The highest BCUT2D eigenvalue weighted by atomic mass is 32.1. The molecule has 0 bridgehead atoms. The van der Waals surface area contributed by atoms with Gasteiger partial charge in [-0.05, 0) is 42.7 Å². The standard InChI is InChI=1S/C17H27NO2S/c1-13(2)10-18(11-15-14(3)6-9-21-15)16(19)17(12-20-4)7-5-8-17/h6,9,13H,5,7-8,10-12H2,1-4H3. The fourth-order valence-corrected chi connectivity index (χ4v) is 3.96. The highest BCUT2D eigenvalue weighted by Gasteiger charge is 2.46. The molecule has 4 heteroatoms. The van der Waals surface area contributed by atoms with Crippen LogP contribution in [0.2, 0.25) is 0 Å². The van der Waals surface area contributed by atoms with Gasteiger partial charge in [0.15, 0.2) is 0 Å². The lowest BCUT2D eigenvalue weighted by Crippen LogP contribution is -2.51. The van der Waals surface area contributed by atoms with E-state index in [-0.39, 0.29) is 11.3 Å². The fraction of sp³-hybridized carbons (Fsp3) is 0.706. The summed E-state index contributed by atoms with van der Waals surface area (Å²) < 4.78 is 5.34. The van der Waals surface area contributed by atoms with Gasteiger partial charge in [-0.1, -0.05) is 20.3 Å². The van der Waals surface area contributed by atoms with Gasteiger partial charge in [-0.15, -0.1) is 11.3 Å². The average molecular weight is 309 g/mol. The predicted octanol–water partition coefficient (Wildman–Crippen LogP) is 3.86. The first-order chi connectivity index (χ1) is 9.98. The van der Waals surface area contributed by atoms with Gasteiger partial charge in [0.1, 0.15) is 0 Å². The molecule has 0 saturated heterocycles. The number of nitrogens with zero attached hydrogens (tertiary/aromatic N) is 1. The van der Waals surface area contributed by atoms with Crippen LogP contribution in [0.4, 0.5) is 0 Å². The van der Waals surface area contributed by atoms with Gasteiger partial charge in [0.25, 0.3) is 0 Å². The summed E-state index contributed by atoms with van der Waals surface area (Å²) in [5, 5.41) is 2.11. The van der Waals surface area contributed by atoms with Crippen LogP contribution >= 0.6 is 11.3 Å². The number of hydrogen-bond acceptors (Lipinski definition) is 3. The molecule has 3 nitrogen and oxygen atoms in total. The van der Waals surface area contributed by atoms with Crippen molar-refractivity contribution in [2.24, 2.45) is 11.3 Å². The molecule has 1 aromatic rings. The van der Waals surface area contributed by atoms with E-state index in [2.05, 4.69) is 37.1 Å². The van der Waals surface area contributed by atoms with Crippen LogP contribution in [0.3, 0.4) is 0 Å². The van der Waals surface area contributed by atoms with Gasteiger partial charge < -0.3 is 9.64 Å². The first kappa shape index (κ1) is 16.5. The number of rotatable bonds is 7. The molecule has 0 radical (unpaired) electrons. The molecule has 1 heterocycles. The highest BCUT2D eigenvalue weighted by Crippen LogP contribution is 2.43. The van der Waals surface area contributed by atoms with Crippen molar-refractivity contribution in [1.29, 1.82) is 0 Å². The Morgan fingerprint density at radius 3 is 2.62 bits per heavy atom. The minimum Gasteiger partial charge on any atom is -0.384 e. The number of amides is 1. The topological polar surface area (TPSA) is 29.5 Å². The smallest absolute Gasteiger partial charge is 0.231 e. The molecule has 1 aliphatic rings. The molecule has 21 heavy (non-hydrogen) atoms. The van der Waals surface area contributed by atoms with Crippen LogP contribution < -0.4 is 0 Å². The maximum atomic E-state index is 13.1. The molecule has 0 N–H and O–H groups in total. The van der Waals surface area contributed by atoms with Gasteiger partial charge in [0.05, 0.1) is 18.6 Å². The van der Waals surface area contributed by atoms with Crippen molar-refractivity contribution in [3.05, 3.63) is 21.9 Å². The number of methoxy groups -OCH3 is 1. The normalized spacial score (nSPS) is 16.8. The van der Waals surface area contributed by atoms with Crippen LogP contribution in [0.15, 0.2) is 11.4 Å². The Balaban J connectivity index is 2.15. The Bertz CT molecular complexity index is 477. The molecule has 118 valence electrons. The summed E-state index contributed by atoms with van der Waals surface area (Å²) in [6.45, 7) is 8.59. The van der Waals surface area contributed by atoms with Gasteiger partial charge in [-0.3, -0.25) is 4.79 Å². The van der Waals surface area contributed by atoms with Crippen molar-refractivity contribution in [1.82, 2.24) is 4.90 Å². The highest BCUT2D eigenvalue weighted by molar-refractivity contribution is 7.10. The summed E-state index contributed by atoms with van der Waals surface area (Å²) in [6.07, 6.45) is 3.08. The lowest BCUT2D eigenvalue weighted by atomic mass is 9.68. The zero-order chi connectivity index (χ0) is 15.5. The zero-order valence-corrected chi connectivity index (χ0v) is 14.5. The van der Waals surface area contributed by atoms with E-state index in [1.165, 1.54) is 10.4 Å². The summed E-state index contributed by atoms with van der Waals surface area (Å²) in [7, 11) is 1.70. The van der Waals surface area contributed by atoms with Crippen LogP contribution in [0.5, 0.6) is 0 Å². The maximum Gasteiger partial charge on any atom is 0.231 e. The quantitative estimate of drug-likeness (QED) is 0.765. The monoisotopic (exact) mass is 309 g/mol. The molecule has 0 unspecified atom stereocenters. The SMILES string of the molecule is COCC1(C(=O)N(Cc2sccc2C)CC(C)C)CCC1. The van der Waals surface area contributed by atoms with Crippen LogP contribution in [-0.4, -0.2) is 31.1 Å². The van der Waals surface area contributed by atoms with Gasteiger partial charge in [0.2, 0.25) is 5.91 Å². The van der Waals surface area contributed by atoms with Crippen molar-refractivity contribution in [3.8, 4) is 0 Å². The van der Waals surface area contributed by atoms with E-state index in [0.29, 0.717) is 12.5 Å². The largest absolute Gasteiger partial charge is 0.384 e. The lowest BCUT2D eigenvalue weighted by Gasteiger charge is -2.43. The number of thiophene rings is 1. The van der Waals surface area contributed by atoms with E-state index >= 15 is 0 Å². The number of carbonyl (C=O) groups excluding carboxylic acids is 1. The Morgan fingerprint density at radius 1 is 1.48 bits per heavy atom. The van der Waals surface area contributed by atoms with E-state index in [1.807, 2.05) is 0 Å². The van der Waals surface area contributed by atoms with Crippen molar-refractivity contribution < 1.29 is 9.53 Å². The molecule has 0 atom stereocenters. The lowest BCUT2D eigenvalue weighted by molar-refractivity contribution is -0.153. The van der Waals surface area contributed by atoms with E-state index < -0.39 is 0 Å². The van der Waals surface area contributed by atoms with Crippen molar-refractivity contribution in [2.75, 3.05) is 20.3 Å². The third kappa shape index (κ3) is 3.67. The third-order valence-electron chi connectivity index (χ3n) is 4.36. The summed E-state index contributed by atoms with van der Waals surface area (Å²) in [5.74, 6) is 0.769. The summed E-state index contributed by atoms with van der Waals surface area (Å²) in [4.78, 5) is 16.4. The Hall–Kier alpha value is -0.870. The second kappa shape index (κ2) is 6.93. The Kier molecular flexibility index (Phi) is 5.44. The molecule has 1 fully saturated rings. The van der Waals surface area contributed by atoms with Crippen molar-refractivity contribution >= 4 is 17.2 Å². The Morgan fingerprint density at radius 2 is 2.19 bits per heavy atom. The molecule has 0 aromatic carbocycles. The van der Waals surface area contributed by atoms with Crippen molar-refractivity contribution in [3.63, 3.8) is 0 Å². The summed E-state index contributed by atoms with van der Waals surface area (Å²) in [5.41, 5.74) is 1.03. The van der Waals surface area contributed by atoms with Crippen molar-refractivity contribution in [2.45, 2.75) is 46.6 Å². The molecule has 0 aliphatic heterocycles. The van der Waals surface area contributed by atoms with E-state index in [9.17, 15) is 4.79 Å². The second-order valence-electron chi connectivity index (χ2n) is 6.67. The molecule has 0 spiro atoms. The minimum absolute atomic E-state index is 0.255. The molecule has 2 rings (SSSR count). The van der Waals surface area contributed by atoms with Gasteiger partial charge in [0, 0.05) is 18.5 Å². The fourth-order valence-electron chi connectivity index (χ4n) is 3.03. The van der Waals surface area contributed by atoms with E-state index in [1.54, 1.807) is 18.4 Å². The number of carbonyl (C=O) groups is 1. The zero-order valence-electron chi connectivity index (χ0n) is 13.6.